The van der Waals surface area contributed by atoms with E-state index in [1.165, 1.54) is 0 Å². The zero-order valence-corrected chi connectivity index (χ0v) is 9.79. The molecule has 1 saturated carbocycles. The molecule has 7 heteroatoms. The Balaban J connectivity index is 2.44. The van der Waals surface area contributed by atoms with Gasteiger partial charge in [0.05, 0.1) is 6.42 Å². The summed E-state index contributed by atoms with van der Waals surface area (Å²) < 4.78 is 36.3. The zero-order valence-electron chi connectivity index (χ0n) is 9.79. The van der Waals surface area contributed by atoms with Gasteiger partial charge in [-0.1, -0.05) is 12.8 Å². The summed E-state index contributed by atoms with van der Waals surface area (Å²) in [5.41, 5.74) is 0. The molecular weight excluding hydrogens is 251 g/mol. The number of aliphatic carboxylic acids is 1. The first-order valence-electron chi connectivity index (χ1n) is 5.87. The number of rotatable bonds is 5. The fraction of sp³-hybridized carbons (Fsp3) is 0.818. The van der Waals surface area contributed by atoms with Gasteiger partial charge < -0.3 is 10.4 Å². The minimum atomic E-state index is -4.61. The number of hydrogen-bond acceptors (Lipinski definition) is 2. The normalized spacial score (nSPS) is 18.6. The smallest absolute Gasteiger partial charge is 0.391 e. The van der Waals surface area contributed by atoms with Gasteiger partial charge in [0.25, 0.3) is 0 Å². The van der Waals surface area contributed by atoms with Crippen molar-refractivity contribution in [3.05, 3.63) is 0 Å². The van der Waals surface area contributed by atoms with Crippen molar-refractivity contribution >= 4 is 11.9 Å². The summed E-state index contributed by atoms with van der Waals surface area (Å²) in [6.07, 6.45) is -2.25. The molecule has 1 amide bonds. The van der Waals surface area contributed by atoms with Gasteiger partial charge in [-0.3, -0.25) is 4.79 Å². The van der Waals surface area contributed by atoms with Gasteiger partial charge in [0.15, 0.2) is 0 Å². The van der Waals surface area contributed by atoms with Gasteiger partial charge in [-0.2, -0.15) is 13.2 Å². The summed E-state index contributed by atoms with van der Waals surface area (Å²) >= 11 is 0. The molecule has 0 aromatic heterocycles. The summed E-state index contributed by atoms with van der Waals surface area (Å²) in [5, 5.41) is 10.6. The molecule has 1 aliphatic rings. The molecule has 2 N–H and O–H groups in total. The molecular formula is C11H16F3NO3. The highest BCUT2D eigenvalue weighted by Crippen LogP contribution is 2.27. The maximum atomic E-state index is 12.1. The fourth-order valence-electron chi connectivity index (χ4n) is 2.16. The highest BCUT2D eigenvalue weighted by molar-refractivity contribution is 5.83. The van der Waals surface area contributed by atoms with E-state index in [0.717, 1.165) is 25.7 Å². The van der Waals surface area contributed by atoms with E-state index in [1.54, 1.807) is 0 Å². The van der Waals surface area contributed by atoms with Crippen LogP contribution in [0.15, 0.2) is 0 Å². The summed E-state index contributed by atoms with van der Waals surface area (Å²) in [5.74, 6) is -2.10. The molecule has 1 aliphatic carbocycles. The third kappa shape index (κ3) is 5.37. The summed E-state index contributed by atoms with van der Waals surface area (Å²) in [7, 11) is 0. The van der Waals surface area contributed by atoms with Gasteiger partial charge in [-0.05, 0) is 18.8 Å². The van der Waals surface area contributed by atoms with Crippen LogP contribution in [0.2, 0.25) is 0 Å². The molecule has 4 nitrogen and oxygen atoms in total. The molecule has 0 spiro atoms. The number of amides is 1. The number of alkyl halides is 3. The van der Waals surface area contributed by atoms with Crippen LogP contribution in [-0.4, -0.2) is 29.2 Å². The van der Waals surface area contributed by atoms with E-state index in [1.807, 2.05) is 5.32 Å². The van der Waals surface area contributed by atoms with Crippen molar-refractivity contribution in [3.63, 3.8) is 0 Å². The van der Waals surface area contributed by atoms with Crippen molar-refractivity contribution in [2.24, 2.45) is 5.92 Å². The minimum absolute atomic E-state index is 0.113. The van der Waals surface area contributed by atoms with E-state index in [-0.39, 0.29) is 12.3 Å². The maximum absolute atomic E-state index is 12.1. The van der Waals surface area contributed by atoms with Crippen LogP contribution >= 0.6 is 0 Å². The third-order valence-electron chi connectivity index (χ3n) is 3.02. The van der Waals surface area contributed by atoms with Crippen molar-refractivity contribution in [3.8, 4) is 0 Å². The van der Waals surface area contributed by atoms with Gasteiger partial charge in [-0.15, -0.1) is 0 Å². The SMILES string of the molecule is O=C(CC1CCCC1)NC(CC(F)(F)F)C(=O)O. The van der Waals surface area contributed by atoms with Crippen LogP contribution in [0.3, 0.4) is 0 Å². The predicted octanol–water partition coefficient (Wildman–Crippen LogP) is 2.09. The van der Waals surface area contributed by atoms with E-state index in [0.29, 0.717) is 0 Å². The highest BCUT2D eigenvalue weighted by Gasteiger charge is 2.36. The molecule has 1 rings (SSSR count). The molecule has 0 heterocycles. The Kier molecular flexibility index (Phi) is 4.98. The summed E-state index contributed by atoms with van der Waals surface area (Å²) in [6.45, 7) is 0. The van der Waals surface area contributed by atoms with Crippen LogP contribution in [-0.2, 0) is 9.59 Å². The number of nitrogens with one attached hydrogen (secondary N) is 1. The van der Waals surface area contributed by atoms with Gasteiger partial charge >= 0.3 is 12.1 Å². The monoisotopic (exact) mass is 267 g/mol. The summed E-state index contributed by atoms with van der Waals surface area (Å²) in [4.78, 5) is 22.1. The average Bonchev–Trinajstić information content (AvgIpc) is 2.66. The fourth-order valence-corrected chi connectivity index (χ4v) is 2.16. The molecule has 1 fully saturated rings. The Labute approximate surface area is 103 Å². The molecule has 1 atom stereocenters. The molecule has 104 valence electrons. The first-order chi connectivity index (χ1) is 8.28. The van der Waals surface area contributed by atoms with Crippen molar-refractivity contribution in [1.82, 2.24) is 5.32 Å². The second-order valence-electron chi connectivity index (χ2n) is 4.63. The highest BCUT2D eigenvalue weighted by atomic mass is 19.4. The number of halogens is 3. The second-order valence-corrected chi connectivity index (χ2v) is 4.63. The molecule has 1 unspecified atom stereocenters. The predicted molar refractivity (Wildman–Crippen MR) is 56.8 cm³/mol. The molecule has 0 aromatic carbocycles. The van der Waals surface area contributed by atoms with E-state index in [2.05, 4.69) is 0 Å². The van der Waals surface area contributed by atoms with Crippen LogP contribution in [0.4, 0.5) is 13.2 Å². The first-order valence-corrected chi connectivity index (χ1v) is 5.87. The Hall–Kier alpha value is -1.27. The van der Waals surface area contributed by atoms with Crippen molar-refractivity contribution < 1.29 is 27.9 Å². The van der Waals surface area contributed by atoms with E-state index in [9.17, 15) is 22.8 Å². The second kappa shape index (κ2) is 6.06. The minimum Gasteiger partial charge on any atom is -0.480 e. The topological polar surface area (TPSA) is 66.4 Å². The molecule has 0 saturated heterocycles. The third-order valence-corrected chi connectivity index (χ3v) is 3.02. The average molecular weight is 267 g/mol. The largest absolute Gasteiger partial charge is 0.480 e. The van der Waals surface area contributed by atoms with Gasteiger partial charge in [0.1, 0.15) is 6.04 Å². The Bertz CT molecular complexity index is 311. The number of carbonyl (C=O) groups excluding carboxylic acids is 1. The van der Waals surface area contributed by atoms with E-state index < -0.39 is 30.5 Å². The van der Waals surface area contributed by atoms with Gasteiger partial charge in [-0.25, -0.2) is 4.79 Å². The lowest BCUT2D eigenvalue weighted by Gasteiger charge is -2.17. The van der Waals surface area contributed by atoms with E-state index >= 15 is 0 Å². The molecule has 18 heavy (non-hydrogen) atoms. The number of carboxylic acid groups (broad SMARTS) is 1. The number of hydrogen-bond donors (Lipinski definition) is 2. The van der Waals surface area contributed by atoms with Gasteiger partial charge in [0, 0.05) is 6.42 Å². The van der Waals surface area contributed by atoms with Crippen molar-refractivity contribution in [2.75, 3.05) is 0 Å². The standard InChI is InChI=1S/C11H16F3NO3/c12-11(13,14)6-8(10(17)18)15-9(16)5-7-3-1-2-4-7/h7-8H,1-6H2,(H,15,16)(H,17,18). The Morgan fingerprint density at radius 2 is 1.83 bits per heavy atom. The van der Waals surface area contributed by atoms with Crippen LogP contribution in [0.1, 0.15) is 38.5 Å². The zero-order chi connectivity index (χ0) is 13.8. The lowest BCUT2D eigenvalue weighted by atomic mass is 10.0. The molecule has 0 aromatic rings. The quantitative estimate of drug-likeness (QED) is 0.801. The van der Waals surface area contributed by atoms with Crippen LogP contribution in [0, 0.1) is 5.92 Å². The van der Waals surface area contributed by atoms with Crippen molar-refractivity contribution in [1.29, 1.82) is 0 Å². The van der Waals surface area contributed by atoms with E-state index in [4.69, 9.17) is 5.11 Å². The molecule has 0 bridgehead atoms. The first kappa shape index (κ1) is 14.8. The lowest BCUT2D eigenvalue weighted by molar-refractivity contribution is -0.160. The number of carbonyl (C=O) groups is 2. The summed E-state index contributed by atoms with van der Waals surface area (Å²) in [6, 6.07) is -1.89. The lowest BCUT2D eigenvalue weighted by Crippen LogP contribution is -2.44. The Morgan fingerprint density at radius 1 is 1.28 bits per heavy atom. The van der Waals surface area contributed by atoms with Crippen LogP contribution in [0.25, 0.3) is 0 Å². The maximum Gasteiger partial charge on any atom is 0.391 e. The van der Waals surface area contributed by atoms with Crippen LogP contribution < -0.4 is 5.32 Å². The number of carboxylic acids is 1. The Morgan fingerprint density at radius 3 is 2.28 bits per heavy atom. The van der Waals surface area contributed by atoms with Crippen LogP contribution in [0.5, 0.6) is 0 Å². The van der Waals surface area contributed by atoms with Gasteiger partial charge in [0.2, 0.25) is 5.91 Å². The van der Waals surface area contributed by atoms with Crippen molar-refractivity contribution in [2.45, 2.75) is 50.7 Å². The molecule has 0 aliphatic heterocycles. The molecule has 0 radical (unpaired) electrons.